The summed E-state index contributed by atoms with van der Waals surface area (Å²) < 4.78 is 0. The number of benzene rings is 1. The first kappa shape index (κ1) is 19.4. The molecule has 27 heavy (non-hydrogen) atoms. The molecule has 2 heterocycles. The van der Waals surface area contributed by atoms with Gasteiger partial charge in [0, 0.05) is 18.3 Å². The van der Waals surface area contributed by atoms with Crippen LogP contribution in [-0.4, -0.2) is 44.1 Å². The van der Waals surface area contributed by atoms with E-state index in [-0.39, 0.29) is 11.9 Å². The van der Waals surface area contributed by atoms with Gasteiger partial charge < -0.3 is 16.0 Å². The van der Waals surface area contributed by atoms with E-state index < -0.39 is 0 Å². The lowest BCUT2D eigenvalue weighted by Gasteiger charge is -2.33. The highest BCUT2D eigenvalue weighted by atomic mass is 32.2. The molecule has 1 amide bonds. The number of hydrogen-bond acceptors (Lipinski definition) is 7. The summed E-state index contributed by atoms with van der Waals surface area (Å²) in [5.74, 6) is 2.29. The van der Waals surface area contributed by atoms with Crippen molar-refractivity contribution in [1.29, 1.82) is 0 Å². The number of thioether (sulfide) groups is 1. The smallest absolute Gasteiger partial charge is 0.232 e. The molecule has 2 aromatic rings. The van der Waals surface area contributed by atoms with Gasteiger partial charge in [-0.2, -0.15) is 15.0 Å². The zero-order chi connectivity index (χ0) is 19.2. The van der Waals surface area contributed by atoms with Gasteiger partial charge in [-0.05, 0) is 45.2 Å². The van der Waals surface area contributed by atoms with Crippen LogP contribution < -0.4 is 11.1 Å². The van der Waals surface area contributed by atoms with Crippen molar-refractivity contribution in [2.45, 2.75) is 44.9 Å². The number of aryl methyl sites for hydroxylation is 1. The van der Waals surface area contributed by atoms with Crippen molar-refractivity contribution in [3.8, 4) is 0 Å². The van der Waals surface area contributed by atoms with E-state index in [0.717, 1.165) is 25.1 Å². The van der Waals surface area contributed by atoms with E-state index in [9.17, 15) is 4.79 Å². The average molecular weight is 387 g/mol. The van der Waals surface area contributed by atoms with Gasteiger partial charge in [0.1, 0.15) is 5.82 Å². The largest absolute Gasteiger partial charge is 0.368 e. The number of nitrogens with two attached hydrogens (primary N) is 1. The second kappa shape index (κ2) is 9.03. The number of hydrogen-bond donors (Lipinski definition) is 2. The van der Waals surface area contributed by atoms with Gasteiger partial charge in [-0.3, -0.25) is 4.79 Å². The number of anilines is 3. The van der Waals surface area contributed by atoms with Gasteiger partial charge in [-0.15, -0.1) is 11.8 Å². The lowest BCUT2D eigenvalue weighted by molar-refractivity contribution is -0.131. The number of carbonyl (C=O) groups is 1. The first-order valence-electron chi connectivity index (χ1n) is 9.22. The summed E-state index contributed by atoms with van der Waals surface area (Å²) in [6.45, 7) is 5.02. The van der Waals surface area contributed by atoms with Crippen LogP contribution in [0.2, 0.25) is 0 Å². The van der Waals surface area contributed by atoms with Gasteiger partial charge in [0.25, 0.3) is 0 Å². The van der Waals surface area contributed by atoms with Crippen molar-refractivity contribution in [3.63, 3.8) is 0 Å². The van der Waals surface area contributed by atoms with E-state index in [1.54, 1.807) is 0 Å². The van der Waals surface area contributed by atoms with Crippen molar-refractivity contribution >= 4 is 35.3 Å². The molecule has 1 aliphatic rings. The summed E-state index contributed by atoms with van der Waals surface area (Å²) in [4.78, 5) is 27.1. The van der Waals surface area contributed by atoms with Crippen LogP contribution in [0, 0.1) is 6.92 Å². The minimum absolute atomic E-state index is 0.172. The lowest BCUT2D eigenvalue weighted by atomic mass is 10.0. The maximum Gasteiger partial charge on any atom is 0.232 e. The molecule has 1 saturated heterocycles. The quantitative estimate of drug-likeness (QED) is 0.787. The van der Waals surface area contributed by atoms with Crippen molar-refractivity contribution in [1.82, 2.24) is 19.9 Å². The second-order valence-electron chi connectivity index (χ2n) is 6.85. The summed E-state index contributed by atoms with van der Waals surface area (Å²) in [6, 6.07) is 8.28. The minimum atomic E-state index is 0.172. The third kappa shape index (κ3) is 5.56. The topological polar surface area (TPSA) is 97.0 Å². The Morgan fingerprint density at radius 1 is 1.26 bits per heavy atom. The number of nitrogens with zero attached hydrogens (tertiary/aromatic N) is 4. The van der Waals surface area contributed by atoms with Crippen molar-refractivity contribution in [2.75, 3.05) is 23.3 Å². The molecule has 0 saturated carbocycles. The van der Waals surface area contributed by atoms with Gasteiger partial charge in [-0.25, -0.2) is 0 Å². The Morgan fingerprint density at radius 3 is 2.78 bits per heavy atom. The molecule has 0 spiro atoms. The van der Waals surface area contributed by atoms with Crippen molar-refractivity contribution < 1.29 is 4.79 Å². The Kier molecular flexibility index (Phi) is 6.49. The summed E-state index contributed by atoms with van der Waals surface area (Å²) in [7, 11) is 0. The van der Waals surface area contributed by atoms with Crippen LogP contribution in [0.4, 0.5) is 17.6 Å². The molecular formula is C19H26N6OS. The molecule has 0 radical (unpaired) electrons. The van der Waals surface area contributed by atoms with E-state index in [0.29, 0.717) is 29.3 Å². The van der Waals surface area contributed by atoms with Crippen LogP contribution in [0.5, 0.6) is 0 Å². The summed E-state index contributed by atoms with van der Waals surface area (Å²) >= 11 is 1.51. The van der Waals surface area contributed by atoms with Crippen LogP contribution >= 0.6 is 11.8 Å². The monoisotopic (exact) mass is 386 g/mol. The number of rotatable bonds is 6. The van der Waals surface area contributed by atoms with E-state index in [1.165, 1.54) is 23.7 Å². The summed E-state index contributed by atoms with van der Waals surface area (Å²) in [5, 5.41) is 3.14. The van der Waals surface area contributed by atoms with Crippen LogP contribution in [0.1, 0.15) is 37.6 Å². The molecule has 1 atom stereocenters. The Balaban J connectivity index is 1.56. The van der Waals surface area contributed by atoms with Gasteiger partial charge in [0.05, 0.1) is 11.5 Å². The van der Waals surface area contributed by atoms with Crippen molar-refractivity contribution in [2.24, 2.45) is 0 Å². The fourth-order valence-electron chi connectivity index (χ4n) is 3.11. The molecule has 3 N–H and O–H groups in total. The zero-order valence-electron chi connectivity index (χ0n) is 15.8. The molecule has 1 aromatic heterocycles. The maximum atomic E-state index is 12.4. The highest BCUT2D eigenvalue weighted by Gasteiger charge is 2.22. The molecule has 1 aliphatic heterocycles. The molecule has 8 heteroatoms. The van der Waals surface area contributed by atoms with Crippen LogP contribution in [0.25, 0.3) is 0 Å². The van der Waals surface area contributed by atoms with E-state index in [4.69, 9.17) is 5.73 Å². The number of amides is 1. The third-order valence-corrected chi connectivity index (χ3v) is 5.50. The third-order valence-electron chi connectivity index (χ3n) is 4.59. The lowest BCUT2D eigenvalue weighted by Crippen LogP contribution is -2.42. The summed E-state index contributed by atoms with van der Waals surface area (Å²) in [6.07, 6.45) is 3.40. The van der Waals surface area contributed by atoms with Gasteiger partial charge in [0.2, 0.25) is 17.8 Å². The predicted octanol–water partition coefficient (Wildman–Crippen LogP) is 3.14. The predicted molar refractivity (Wildman–Crippen MR) is 110 cm³/mol. The first-order chi connectivity index (χ1) is 13.0. The minimum Gasteiger partial charge on any atom is -0.368 e. The number of nitrogen functional groups attached to an aromatic ring is 1. The fraction of sp³-hybridized carbons (Fsp3) is 0.474. The molecule has 1 fully saturated rings. The Bertz CT molecular complexity index is 782. The number of piperidine rings is 1. The van der Waals surface area contributed by atoms with E-state index >= 15 is 0 Å². The first-order valence-corrected chi connectivity index (χ1v) is 10.4. The molecule has 0 aliphatic carbocycles. The zero-order valence-corrected chi connectivity index (χ0v) is 16.6. The highest BCUT2D eigenvalue weighted by molar-refractivity contribution is 7.99. The number of aromatic nitrogens is 3. The standard InChI is InChI=1S/C19H26N6OS/c1-13-6-8-15(9-7-13)21-19-23-16(22-18(20)24-19)11-27-12-17(26)25-10-4-3-5-14(25)2/h6-9,14H,3-5,10-12H2,1-2H3,(H3,20,21,22,23,24)/t14-/m1/s1. The number of likely N-dealkylation sites (tertiary alicyclic amines) is 1. The second-order valence-corrected chi connectivity index (χ2v) is 7.83. The maximum absolute atomic E-state index is 12.4. The molecule has 3 rings (SSSR count). The van der Waals surface area contributed by atoms with E-state index in [1.807, 2.05) is 36.1 Å². The average Bonchev–Trinajstić information content (AvgIpc) is 2.63. The van der Waals surface area contributed by atoms with Gasteiger partial charge >= 0.3 is 0 Å². The normalized spacial score (nSPS) is 17.0. The van der Waals surface area contributed by atoms with Gasteiger partial charge in [-0.1, -0.05) is 17.7 Å². The Morgan fingerprint density at radius 2 is 2.04 bits per heavy atom. The SMILES string of the molecule is Cc1ccc(Nc2nc(N)nc(CSCC(=O)N3CCCC[C@H]3C)n2)cc1. The van der Waals surface area contributed by atoms with Gasteiger partial charge in [0.15, 0.2) is 0 Å². The molecule has 7 nitrogen and oxygen atoms in total. The molecule has 144 valence electrons. The molecular weight excluding hydrogens is 360 g/mol. The number of nitrogens with one attached hydrogen (secondary N) is 1. The van der Waals surface area contributed by atoms with Crippen LogP contribution in [-0.2, 0) is 10.5 Å². The Hall–Kier alpha value is -2.35. The highest BCUT2D eigenvalue weighted by Crippen LogP contribution is 2.20. The van der Waals surface area contributed by atoms with Crippen LogP contribution in [0.3, 0.4) is 0 Å². The molecule has 0 bridgehead atoms. The van der Waals surface area contributed by atoms with Crippen LogP contribution in [0.15, 0.2) is 24.3 Å². The number of carbonyl (C=O) groups excluding carboxylic acids is 1. The van der Waals surface area contributed by atoms with E-state index in [2.05, 4.69) is 27.2 Å². The molecule has 1 aromatic carbocycles. The molecule has 0 unspecified atom stereocenters. The Labute approximate surface area is 164 Å². The van der Waals surface area contributed by atoms with Crippen molar-refractivity contribution in [3.05, 3.63) is 35.7 Å². The fourth-order valence-corrected chi connectivity index (χ4v) is 3.86. The summed E-state index contributed by atoms with van der Waals surface area (Å²) in [5.41, 5.74) is 7.89.